The average molecular weight is 303 g/mol. The molecule has 0 aliphatic carbocycles. The van der Waals surface area contributed by atoms with Gasteiger partial charge in [0.25, 0.3) is 0 Å². The molecule has 2 aromatic rings. The van der Waals surface area contributed by atoms with Crippen molar-refractivity contribution >= 4 is 22.7 Å². The van der Waals surface area contributed by atoms with Crippen molar-refractivity contribution in [2.24, 2.45) is 0 Å². The van der Waals surface area contributed by atoms with Crippen LogP contribution in [0, 0.1) is 0 Å². The average Bonchev–Trinajstić information content (AvgIpc) is 2.96. The van der Waals surface area contributed by atoms with Crippen LogP contribution in [-0.4, -0.2) is 34.8 Å². The Morgan fingerprint density at radius 2 is 2.14 bits per heavy atom. The summed E-state index contributed by atoms with van der Waals surface area (Å²) in [4.78, 5) is 3.22. The van der Waals surface area contributed by atoms with Crippen molar-refractivity contribution in [2.75, 3.05) is 18.1 Å². The van der Waals surface area contributed by atoms with Gasteiger partial charge in [0.15, 0.2) is 0 Å². The first-order chi connectivity index (χ1) is 10.3. The second kappa shape index (κ2) is 5.58. The molecule has 1 N–H and O–H groups in total. The van der Waals surface area contributed by atoms with Gasteiger partial charge in [-0.15, -0.1) is 0 Å². The number of aromatic nitrogens is 1. The molecule has 0 amide bonds. The van der Waals surface area contributed by atoms with Gasteiger partial charge in [-0.05, 0) is 48.6 Å². The highest BCUT2D eigenvalue weighted by molar-refractivity contribution is 7.99. The van der Waals surface area contributed by atoms with Gasteiger partial charge in [-0.3, -0.25) is 0 Å². The van der Waals surface area contributed by atoms with Crippen LogP contribution >= 0.6 is 11.8 Å². The van der Waals surface area contributed by atoms with Crippen LogP contribution in [0.3, 0.4) is 0 Å². The summed E-state index contributed by atoms with van der Waals surface area (Å²) in [5.74, 6) is 3.43. The predicted octanol–water partition coefficient (Wildman–Crippen LogP) is 3.99. The molecule has 0 saturated carbocycles. The number of rotatable bonds is 2. The number of nitrogens with one attached hydrogen (secondary N) is 1. The van der Waals surface area contributed by atoms with E-state index in [9.17, 15) is 0 Å². The number of hydrogen-bond acceptors (Lipinski definition) is 3. The zero-order valence-electron chi connectivity index (χ0n) is 12.1. The molecule has 2 aliphatic rings. The minimum Gasteiger partial charge on any atom is -0.490 e. The van der Waals surface area contributed by atoms with Gasteiger partial charge in [0.1, 0.15) is 11.9 Å². The van der Waals surface area contributed by atoms with Gasteiger partial charge in [-0.2, -0.15) is 11.8 Å². The maximum absolute atomic E-state index is 6.26. The molecule has 0 bridgehead atoms. The lowest BCUT2D eigenvalue weighted by Gasteiger charge is -2.43. The Bertz CT molecular complexity index is 613. The van der Waals surface area contributed by atoms with Gasteiger partial charge >= 0.3 is 0 Å². The molecule has 1 spiro atoms. The number of thioether (sulfide) groups is 1. The van der Waals surface area contributed by atoms with Gasteiger partial charge in [0, 0.05) is 29.9 Å². The maximum Gasteiger partial charge on any atom is 0.120 e. The lowest BCUT2D eigenvalue weighted by atomic mass is 9.86. The molecule has 2 aliphatic heterocycles. The molecule has 2 saturated heterocycles. The zero-order valence-corrected chi connectivity index (χ0v) is 13.0. The lowest BCUT2D eigenvalue weighted by Crippen LogP contribution is -2.46. The summed E-state index contributed by atoms with van der Waals surface area (Å²) in [5, 5.41) is 1.21. The van der Waals surface area contributed by atoms with Gasteiger partial charge in [0.2, 0.25) is 0 Å². The van der Waals surface area contributed by atoms with Gasteiger partial charge < -0.3 is 14.5 Å². The van der Waals surface area contributed by atoms with Crippen LogP contribution in [0.15, 0.2) is 30.5 Å². The van der Waals surface area contributed by atoms with Crippen LogP contribution in [-0.2, 0) is 4.74 Å². The lowest BCUT2D eigenvalue weighted by molar-refractivity contribution is -0.116. The van der Waals surface area contributed by atoms with E-state index in [-0.39, 0.29) is 5.60 Å². The molecular formula is C17H21NO2S. The second-order valence-corrected chi connectivity index (χ2v) is 7.33. The van der Waals surface area contributed by atoms with Crippen LogP contribution in [0.25, 0.3) is 10.9 Å². The third-order valence-corrected chi connectivity index (χ3v) is 5.66. The largest absolute Gasteiger partial charge is 0.490 e. The van der Waals surface area contributed by atoms with Crippen LogP contribution in [0.4, 0.5) is 0 Å². The van der Waals surface area contributed by atoms with Crippen molar-refractivity contribution in [1.29, 1.82) is 0 Å². The normalized spacial score (nSPS) is 25.2. The minimum atomic E-state index is 0.0896. The summed E-state index contributed by atoms with van der Waals surface area (Å²) in [6, 6.07) is 8.38. The molecular weight excluding hydrogens is 282 g/mol. The maximum atomic E-state index is 6.26. The van der Waals surface area contributed by atoms with E-state index in [1.54, 1.807) is 0 Å². The van der Waals surface area contributed by atoms with Crippen molar-refractivity contribution in [3.05, 3.63) is 30.5 Å². The molecule has 1 unspecified atom stereocenters. The highest BCUT2D eigenvalue weighted by Gasteiger charge is 2.39. The first-order valence-electron chi connectivity index (χ1n) is 7.79. The quantitative estimate of drug-likeness (QED) is 0.911. The number of aromatic amines is 1. The van der Waals surface area contributed by atoms with Crippen LogP contribution in [0.1, 0.15) is 25.7 Å². The summed E-state index contributed by atoms with van der Waals surface area (Å²) < 4.78 is 12.4. The summed E-state index contributed by atoms with van der Waals surface area (Å²) in [7, 11) is 0. The first kappa shape index (κ1) is 13.5. The fourth-order valence-corrected chi connectivity index (χ4v) is 4.71. The predicted molar refractivity (Wildman–Crippen MR) is 87.2 cm³/mol. The van der Waals surface area contributed by atoms with E-state index in [1.165, 1.54) is 29.7 Å². The van der Waals surface area contributed by atoms with Gasteiger partial charge in [-0.1, -0.05) is 0 Å². The summed E-state index contributed by atoms with van der Waals surface area (Å²) in [6.45, 7) is 0.835. The van der Waals surface area contributed by atoms with Crippen molar-refractivity contribution in [3.63, 3.8) is 0 Å². The molecule has 4 heteroatoms. The Balaban J connectivity index is 1.48. The van der Waals surface area contributed by atoms with Crippen molar-refractivity contribution in [1.82, 2.24) is 4.98 Å². The Morgan fingerprint density at radius 1 is 1.24 bits per heavy atom. The van der Waals surface area contributed by atoms with Gasteiger partial charge in [0.05, 0.1) is 12.2 Å². The highest BCUT2D eigenvalue weighted by atomic mass is 32.2. The molecule has 3 heterocycles. The Labute approximate surface area is 129 Å². The molecule has 3 nitrogen and oxygen atoms in total. The molecule has 1 atom stereocenters. The molecule has 1 aromatic carbocycles. The zero-order chi connectivity index (χ0) is 14.1. The Hall–Kier alpha value is -1.13. The number of benzene rings is 1. The third kappa shape index (κ3) is 2.79. The van der Waals surface area contributed by atoms with E-state index >= 15 is 0 Å². The van der Waals surface area contributed by atoms with E-state index < -0.39 is 0 Å². The van der Waals surface area contributed by atoms with E-state index in [2.05, 4.69) is 29.2 Å². The smallest absolute Gasteiger partial charge is 0.120 e. The SMILES string of the molecule is c1cc2cc(OC3CCOC4(CCSCC4)C3)ccc2[nH]1. The highest BCUT2D eigenvalue weighted by Crippen LogP contribution is 2.38. The summed E-state index contributed by atoms with van der Waals surface area (Å²) in [5.41, 5.74) is 1.25. The first-order valence-corrected chi connectivity index (χ1v) is 8.94. The number of fused-ring (bicyclic) bond motifs is 1. The molecule has 2 fully saturated rings. The van der Waals surface area contributed by atoms with Crippen LogP contribution < -0.4 is 4.74 Å². The fourth-order valence-electron chi connectivity index (χ4n) is 3.47. The van der Waals surface area contributed by atoms with E-state index in [1.807, 2.05) is 18.0 Å². The van der Waals surface area contributed by atoms with Crippen molar-refractivity contribution in [2.45, 2.75) is 37.4 Å². The fraction of sp³-hybridized carbons (Fsp3) is 0.529. The third-order valence-electron chi connectivity index (χ3n) is 4.68. The monoisotopic (exact) mass is 303 g/mol. The van der Waals surface area contributed by atoms with E-state index in [4.69, 9.17) is 9.47 Å². The number of ether oxygens (including phenoxy) is 2. The van der Waals surface area contributed by atoms with Crippen molar-refractivity contribution < 1.29 is 9.47 Å². The molecule has 21 heavy (non-hydrogen) atoms. The van der Waals surface area contributed by atoms with Crippen LogP contribution in [0.2, 0.25) is 0 Å². The van der Waals surface area contributed by atoms with Crippen molar-refractivity contribution in [3.8, 4) is 5.75 Å². The number of H-pyrrole nitrogens is 1. The summed E-state index contributed by atoms with van der Waals surface area (Å²) >= 11 is 2.05. The summed E-state index contributed by atoms with van der Waals surface area (Å²) in [6.07, 6.45) is 6.65. The molecule has 1 aromatic heterocycles. The molecule has 4 rings (SSSR count). The number of hydrogen-bond donors (Lipinski definition) is 1. The second-order valence-electron chi connectivity index (χ2n) is 6.10. The van der Waals surface area contributed by atoms with Crippen LogP contribution in [0.5, 0.6) is 5.75 Å². The molecule has 0 radical (unpaired) electrons. The molecule has 112 valence electrons. The Kier molecular flexibility index (Phi) is 3.59. The Morgan fingerprint density at radius 3 is 3.05 bits per heavy atom. The van der Waals surface area contributed by atoms with E-state index in [0.29, 0.717) is 6.10 Å². The topological polar surface area (TPSA) is 34.2 Å². The van der Waals surface area contributed by atoms with Gasteiger partial charge in [-0.25, -0.2) is 0 Å². The standard InChI is InChI=1S/C17H21NO2S/c1-2-16-13(3-7-18-16)11-14(1)20-15-4-8-19-17(12-15)5-9-21-10-6-17/h1-3,7,11,15,18H,4-6,8-10,12H2. The van der Waals surface area contributed by atoms with E-state index in [0.717, 1.165) is 30.7 Å². The minimum absolute atomic E-state index is 0.0896.